The van der Waals surface area contributed by atoms with Crippen LogP contribution in [0.4, 0.5) is 4.39 Å². The Labute approximate surface area is 193 Å². The number of aryl methyl sites for hydroxylation is 2. The molecule has 3 rings (SSSR count). The highest BCUT2D eigenvalue weighted by Gasteiger charge is 2.23. The molecule has 160 valence electrons. The molecule has 0 saturated carbocycles. The number of ether oxygens (including phenoxy) is 1. The van der Waals surface area contributed by atoms with Crippen molar-refractivity contribution in [1.29, 1.82) is 0 Å². The van der Waals surface area contributed by atoms with Crippen molar-refractivity contribution in [3.8, 4) is 0 Å². The average molecular weight is 533 g/mol. The Kier molecular flexibility index (Phi) is 9.73. The number of nitrogens with zero attached hydrogens (tertiary/aromatic N) is 3. The second-order valence-corrected chi connectivity index (χ2v) is 8.05. The molecule has 29 heavy (non-hydrogen) atoms. The van der Waals surface area contributed by atoms with Gasteiger partial charge in [0.2, 0.25) is 0 Å². The summed E-state index contributed by atoms with van der Waals surface area (Å²) in [4.78, 5) is 12.4. The summed E-state index contributed by atoms with van der Waals surface area (Å²) in [6, 6.07) is 6.87. The van der Waals surface area contributed by atoms with Crippen molar-refractivity contribution in [1.82, 2.24) is 20.5 Å². The first-order valence-electron chi connectivity index (χ1n) is 9.51. The number of halogens is 2. The van der Waals surface area contributed by atoms with E-state index in [-0.39, 0.29) is 35.8 Å². The van der Waals surface area contributed by atoms with Crippen LogP contribution in [0, 0.1) is 19.7 Å². The largest absolute Gasteiger partial charge is 0.379 e. The summed E-state index contributed by atoms with van der Waals surface area (Å²) in [6.45, 7) is 8.55. The van der Waals surface area contributed by atoms with Gasteiger partial charge in [-0.3, -0.25) is 9.89 Å². The van der Waals surface area contributed by atoms with Gasteiger partial charge in [0.05, 0.1) is 36.5 Å². The fourth-order valence-corrected chi connectivity index (χ4v) is 4.22. The lowest BCUT2D eigenvalue weighted by atomic mass is 10.0. The van der Waals surface area contributed by atoms with Gasteiger partial charge < -0.3 is 15.4 Å². The van der Waals surface area contributed by atoms with Crippen LogP contribution >= 0.6 is 35.3 Å². The van der Waals surface area contributed by atoms with E-state index in [2.05, 4.69) is 25.5 Å². The van der Waals surface area contributed by atoms with Gasteiger partial charge in [-0.1, -0.05) is 12.1 Å². The molecule has 0 radical (unpaired) electrons. The van der Waals surface area contributed by atoms with Gasteiger partial charge in [0.1, 0.15) is 5.82 Å². The molecule has 1 atom stereocenters. The molecule has 1 fully saturated rings. The molecular weight excluding hydrogens is 504 g/mol. The van der Waals surface area contributed by atoms with Crippen LogP contribution in [-0.4, -0.2) is 55.7 Å². The van der Waals surface area contributed by atoms with Crippen LogP contribution < -0.4 is 10.6 Å². The second-order valence-electron chi connectivity index (χ2n) is 6.76. The number of guanidine groups is 1. The Hall–Kier alpha value is -1.30. The van der Waals surface area contributed by atoms with E-state index >= 15 is 0 Å². The number of hydrogen-bond acceptors (Lipinski definition) is 5. The summed E-state index contributed by atoms with van der Waals surface area (Å²) < 4.78 is 18.9. The van der Waals surface area contributed by atoms with E-state index in [9.17, 15) is 4.39 Å². The first-order valence-corrected chi connectivity index (χ1v) is 10.3. The monoisotopic (exact) mass is 533 g/mol. The minimum absolute atomic E-state index is 0. The number of hydrogen-bond donors (Lipinski definition) is 2. The first-order chi connectivity index (χ1) is 13.6. The van der Waals surface area contributed by atoms with Crippen molar-refractivity contribution < 1.29 is 9.13 Å². The number of nitrogens with one attached hydrogen (secondary N) is 2. The van der Waals surface area contributed by atoms with E-state index in [1.807, 2.05) is 26.0 Å². The van der Waals surface area contributed by atoms with Crippen LogP contribution in [0.2, 0.25) is 0 Å². The summed E-state index contributed by atoms with van der Waals surface area (Å²) in [6.07, 6.45) is 0. The maximum atomic E-state index is 13.4. The van der Waals surface area contributed by atoms with E-state index in [1.54, 1.807) is 18.4 Å². The highest BCUT2D eigenvalue weighted by molar-refractivity contribution is 14.0. The van der Waals surface area contributed by atoms with Crippen LogP contribution in [0.1, 0.15) is 27.2 Å². The van der Waals surface area contributed by atoms with E-state index in [0.29, 0.717) is 26.3 Å². The van der Waals surface area contributed by atoms with Gasteiger partial charge in [-0.2, -0.15) is 0 Å². The Morgan fingerprint density at radius 1 is 1.24 bits per heavy atom. The molecule has 9 heteroatoms. The lowest BCUT2D eigenvalue weighted by Crippen LogP contribution is -2.46. The third-order valence-corrected chi connectivity index (χ3v) is 5.92. The van der Waals surface area contributed by atoms with Crippen LogP contribution in [0.15, 0.2) is 29.3 Å². The lowest BCUT2D eigenvalue weighted by molar-refractivity contribution is 0.0170. The van der Waals surface area contributed by atoms with Crippen molar-refractivity contribution in [3.05, 3.63) is 51.2 Å². The number of thiazole rings is 1. The number of aliphatic imine (C=N–C) groups is 1. The number of morpholine rings is 1. The smallest absolute Gasteiger partial charge is 0.191 e. The summed E-state index contributed by atoms with van der Waals surface area (Å²) in [5.41, 5.74) is 2.14. The Morgan fingerprint density at radius 3 is 2.52 bits per heavy atom. The molecule has 1 aromatic heterocycles. The molecule has 0 spiro atoms. The van der Waals surface area contributed by atoms with Gasteiger partial charge >= 0.3 is 0 Å². The molecule has 0 bridgehead atoms. The van der Waals surface area contributed by atoms with Gasteiger partial charge in [-0.05, 0) is 31.5 Å². The number of benzene rings is 1. The molecule has 6 nitrogen and oxygen atoms in total. The van der Waals surface area contributed by atoms with E-state index in [0.717, 1.165) is 35.3 Å². The van der Waals surface area contributed by atoms with Crippen LogP contribution in [0.3, 0.4) is 0 Å². The molecule has 2 N–H and O–H groups in total. The lowest BCUT2D eigenvalue weighted by Gasteiger charge is -2.35. The third-order valence-electron chi connectivity index (χ3n) is 4.84. The van der Waals surface area contributed by atoms with Crippen LogP contribution in [0.5, 0.6) is 0 Å². The van der Waals surface area contributed by atoms with E-state index in [4.69, 9.17) is 4.74 Å². The normalized spacial score (nSPS) is 16.2. The number of aromatic nitrogens is 1. The Balaban J connectivity index is 0.00000300. The molecule has 1 unspecified atom stereocenters. The van der Waals surface area contributed by atoms with Crippen LogP contribution in [0.25, 0.3) is 0 Å². The van der Waals surface area contributed by atoms with Gasteiger partial charge in [-0.15, -0.1) is 35.3 Å². The fraction of sp³-hybridized carbons (Fsp3) is 0.500. The fourth-order valence-electron chi connectivity index (χ4n) is 3.35. The van der Waals surface area contributed by atoms with Crippen LogP contribution in [-0.2, 0) is 11.3 Å². The SMILES string of the molecule is CN=C(NCc1sc(C)nc1C)NCC(c1ccc(F)cc1)N1CCOCC1.I. The van der Waals surface area contributed by atoms with Crippen molar-refractivity contribution in [2.45, 2.75) is 26.4 Å². The zero-order chi connectivity index (χ0) is 19.9. The highest BCUT2D eigenvalue weighted by Crippen LogP contribution is 2.22. The topological polar surface area (TPSA) is 61.8 Å². The molecule has 1 saturated heterocycles. The van der Waals surface area contributed by atoms with Gasteiger partial charge in [0.25, 0.3) is 0 Å². The van der Waals surface area contributed by atoms with E-state index in [1.165, 1.54) is 17.0 Å². The summed E-state index contributed by atoms with van der Waals surface area (Å²) in [5.74, 6) is 0.524. The Morgan fingerprint density at radius 2 is 1.93 bits per heavy atom. The standard InChI is InChI=1S/C20H28FN5OS.HI/c1-14-19(28-15(2)25-14)13-24-20(22-3)23-12-18(26-8-10-27-11-9-26)16-4-6-17(21)7-5-16;/h4-7,18H,8-13H2,1-3H3,(H2,22,23,24);1H. The minimum Gasteiger partial charge on any atom is -0.379 e. The van der Waals surface area contributed by atoms with Gasteiger partial charge in [0, 0.05) is 31.6 Å². The van der Waals surface area contributed by atoms with Crippen molar-refractivity contribution in [2.75, 3.05) is 39.9 Å². The Bertz CT molecular complexity index is 793. The zero-order valence-electron chi connectivity index (χ0n) is 17.1. The predicted octanol–water partition coefficient (Wildman–Crippen LogP) is 3.26. The summed E-state index contributed by atoms with van der Waals surface area (Å²) >= 11 is 1.70. The molecule has 2 aromatic rings. The molecular formula is C20H29FIN5OS. The summed E-state index contributed by atoms with van der Waals surface area (Å²) in [7, 11) is 1.77. The number of rotatable bonds is 6. The van der Waals surface area contributed by atoms with E-state index < -0.39 is 0 Å². The maximum absolute atomic E-state index is 13.4. The summed E-state index contributed by atoms with van der Waals surface area (Å²) in [5, 5.41) is 7.86. The maximum Gasteiger partial charge on any atom is 0.191 e. The van der Waals surface area contributed by atoms with Crippen molar-refractivity contribution >= 4 is 41.3 Å². The third kappa shape index (κ3) is 6.87. The zero-order valence-corrected chi connectivity index (χ0v) is 20.2. The van der Waals surface area contributed by atoms with Crippen molar-refractivity contribution in [3.63, 3.8) is 0 Å². The molecule has 0 aliphatic carbocycles. The molecule has 1 aliphatic rings. The quantitative estimate of drug-likeness (QED) is 0.339. The predicted molar refractivity (Wildman–Crippen MR) is 127 cm³/mol. The highest BCUT2D eigenvalue weighted by atomic mass is 127. The van der Waals surface area contributed by atoms with Gasteiger partial charge in [0.15, 0.2) is 5.96 Å². The average Bonchev–Trinajstić information content (AvgIpc) is 3.03. The molecule has 2 heterocycles. The second kappa shape index (κ2) is 11.8. The van der Waals surface area contributed by atoms with Gasteiger partial charge in [-0.25, -0.2) is 9.37 Å². The molecule has 1 aromatic carbocycles. The minimum atomic E-state index is -0.217. The molecule has 1 aliphatic heterocycles. The van der Waals surface area contributed by atoms with Crippen molar-refractivity contribution in [2.24, 2.45) is 4.99 Å². The molecule has 0 amide bonds. The first kappa shape index (κ1) is 24.0.